The first-order valence-electron chi connectivity index (χ1n) is 8.09. The number of rotatable bonds is 4. The summed E-state index contributed by atoms with van der Waals surface area (Å²) in [6, 6.07) is 9.82. The standard InChI is InChI=1S/C18H17FN4O2/c19-14-3-1-12(2-4-14)10-23-11-15(24)9-16(23)18-21-17(22-25-18)13-5-7-20-8-6-13/h1-8,15-16,24H,9-11H2. The lowest BCUT2D eigenvalue weighted by atomic mass is 10.1. The van der Waals surface area contributed by atoms with E-state index in [1.807, 2.05) is 12.1 Å². The van der Waals surface area contributed by atoms with Crippen molar-refractivity contribution in [2.45, 2.75) is 25.1 Å². The molecule has 25 heavy (non-hydrogen) atoms. The third-order valence-corrected chi connectivity index (χ3v) is 4.35. The Bertz CT molecular complexity index is 838. The molecule has 2 unspecified atom stereocenters. The summed E-state index contributed by atoms with van der Waals surface area (Å²) in [5.41, 5.74) is 1.79. The second kappa shape index (κ2) is 6.70. The summed E-state index contributed by atoms with van der Waals surface area (Å²) in [6.45, 7) is 1.09. The van der Waals surface area contributed by atoms with Crippen LogP contribution in [0.5, 0.6) is 0 Å². The smallest absolute Gasteiger partial charge is 0.244 e. The van der Waals surface area contributed by atoms with Gasteiger partial charge in [-0.2, -0.15) is 4.98 Å². The molecule has 0 saturated carbocycles. The van der Waals surface area contributed by atoms with Crippen LogP contribution in [0.25, 0.3) is 11.4 Å². The topological polar surface area (TPSA) is 75.3 Å². The van der Waals surface area contributed by atoms with Crippen molar-refractivity contribution in [2.24, 2.45) is 0 Å². The molecule has 1 aromatic carbocycles. The lowest BCUT2D eigenvalue weighted by Gasteiger charge is -2.21. The summed E-state index contributed by atoms with van der Waals surface area (Å²) < 4.78 is 18.5. The van der Waals surface area contributed by atoms with Crippen molar-refractivity contribution < 1.29 is 14.0 Å². The Kier molecular flexibility index (Phi) is 4.25. The summed E-state index contributed by atoms with van der Waals surface area (Å²) in [4.78, 5) is 10.5. The van der Waals surface area contributed by atoms with E-state index < -0.39 is 6.10 Å². The van der Waals surface area contributed by atoms with Gasteiger partial charge in [0.2, 0.25) is 11.7 Å². The van der Waals surface area contributed by atoms with Gasteiger partial charge in [0.15, 0.2) is 0 Å². The molecule has 0 spiro atoms. The highest BCUT2D eigenvalue weighted by Gasteiger charge is 2.35. The first-order chi connectivity index (χ1) is 12.2. The van der Waals surface area contributed by atoms with E-state index >= 15 is 0 Å². The molecule has 2 atom stereocenters. The molecule has 0 radical (unpaired) electrons. The van der Waals surface area contributed by atoms with E-state index in [0.717, 1.165) is 11.1 Å². The number of aromatic nitrogens is 3. The fourth-order valence-electron chi connectivity index (χ4n) is 3.12. The van der Waals surface area contributed by atoms with Crippen molar-refractivity contribution in [1.82, 2.24) is 20.0 Å². The molecule has 1 aliphatic rings. The van der Waals surface area contributed by atoms with E-state index in [9.17, 15) is 9.50 Å². The zero-order valence-corrected chi connectivity index (χ0v) is 13.4. The van der Waals surface area contributed by atoms with Gasteiger partial charge in [-0.15, -0.1) is 0 Å². The van der Waals surface area contributed by atoms with Crippen molar-refractivity contribution in [3.05, 3.63) is 66.1 Å². The van der Waals surface area contributed by atoms with Crippen molar-refractivity contribution in [1.29, 1.82) is 0 Å². The molecule has 0 amide bonds. The molecule has 3 heterocycles. The van der Waals surface area contributed by atoms with Gasteiger partial charge in [-0.25, -0.2) is 4.39 Å². The monoisotopic (exact) mass is 340 g/mol. The van der Waals surface area contributed by atoms with Crippen LogP contribution in [0, 0.1) is 5.82 Å². The maximum Gasteiger partial charge on any atom is 0.244 e. The highest BCUT2D eigenvalue weighted by molar-refractivity contribution is 5.52. The number of aliphatic hydroxyl groups excluding tert-OH is 1. The summed E-state index contributed by atoms with van der Waals surface area (Å²) in [5, 5.41) is 14.1. The van der Waals surface area contributed by atoms with Gasteiger partial charge in [-0.05, 0) is 36.2 Å². The fraction of sp³-hybridized carbons (Fsp3) is 0.278. The van der Waals surface area contributed by atoms with Gasteiger partial charge in [0.25, 0.3) is 0 Å². The highest BCUT2D eigenvalue weighted by atomic mass is 19.1. The maximum absolute atomic E-state index is 13.1. The molecule has 6 nitrogen and oxygen atoms in total. The molecule has 1 fully saturated rings. The Morgan fingerprint density at radius 3 is 2.68 bits per heavy atom. The number of pyridine rings is 1. The van der Waals surface area contributed by atoms with Crippen LogP contribution in [-0.4, -0.2) is 37.8 Å². The fourth-order valence-corrected chi connectivity index (χ4v) is 3.12. The van der Waals surface area contributed by atoms with Crippen LogP contribution in [0.1, 0.15) is 23.9 Å². The molecule has 1 N–H and O–H groups in total. The molecule has 128 valence electrons. The van der Waals surface area contributed by atoms with Gasteiger partial charge in [-0.1, -0.05) is 17.3 Å². The van der Waals surface area contributed by atoms with E-state index in [0.29, 0.717) is 31.2 Å². The first kappa shape index (κ1) is 15.9. The number of halogens is 1. The van der Waals surface area contributed by atoms with Crippen LogP contribution >= 0.6 is 0 Å². The second-order valence-electron chi connectivity index (χ2n) is 6.15. The Labute approximate surface area is 143 Å². The lowest BCUT2D eigenvalue weighted by molar-refractivity contribution is 0.169. The molecule has 7 heteroatoms. The predicted octanol–water partition coefficient (Wildman–Crippen LogP) is 2.58. The number of benzene rings is 1. The SMILES string of the molecule is OC1CC(c2nc(-c3ccncc3)no2)N(Cc2ccc(F)cc2)C1. The number of likely N-dealkylation sites (tertiary alicyclic amines) is 1. The average Bonchev–Trinajstić information content (AvgIpc) is 3.24. The number of β-amino-alcohol motifs (C(OH)–C–C–N with tert-alkyl or cyclic N) is 1. The normalized spacial score (nSPS) is 20.9. The van der Waals surface area contributed by atoms with Crippen LogP contribution in [0.15, 0.2) is 53.3 Å². The Hall–Kier alpha value is -2.64. The van der Waals surface area contributed by atoms with E-state index in [4.69, 9.17) is 4.52 Å². The van der Waals surface area contributed by atoms with Gasteiger partial charge >= 0.3 is 0 Å². The van der Waals surface area contributed by atoms with Crippen LogP contribution in [-0.2, 0) is 6.54 Å². The number of hydrogen-bond acceptors (Lipinski definition) is 6. The summed E-state index contributed by atoms with van der Waals surface area (Å²) in [7, 11) is 0. The molecule has 3 aromatic rings. The van der Waals surface area contributed by atoms with Crippen LogP contribution in [0.4, 0.5) is 4.39 Å². The molecular weight excluding hydrogens is 323 g/mol. The second-order valence-corrected chi connectivity index (χ2v) is 6.15. The molecule has 2 aromatic heterocycles. The zero-order chi connectivity index (χ0) is 17.2. The molecule has 0 aliphatic carbocycles. The van der Waals surface area contributed by atoms with E-state index in [1.54, 1.807) is 24.5 Å². The quantitative estimate of drug-likeness (QED) is 0.787. The van der Waals surface area contributed by atoms with Crippen molar-refractivity contribution in [3.63, 3.8) is 0 Å². The number of aliphatic hydroxyl groups is 1. The van der Waals surface area contributed by atoms with Gasteiger partial charge < -0.3 is 9.63 Å². The van der Waals surface area contributed by atoms with E-state index in [1.165, 1.54) is 12.1 Å². The van der Waals surface area contributed by atoms with Gasteiger partial charge in [0.05, 0.1) is 12.1 Å². The summed E-state index contributed by atoms with van der Waals surface area (Å²) in [6.07, 6.45) is 3.41. The Balaban J connectivity index is 1.55. The first-order valence-corrected chi connectivity index (χ1v) is 8.09. The van der Waals surface area contributed by atoms with Crippen LogP contribution in [0.2, 0.25) is 0 Å². The molecule has 0 bridgehead atoms. The lowest BCUT2D eigenvalue weighted by Crippen LogP contribution is -2.24. The Morgan fingerprint density at radius 1 is 1.16 bits per heavy atom. The predicted molar refractivity (Wildman–Crippen MR) is 87.7 cm³/mol. The van der Waals surface area contributed by atoms with E-state index in [-0.39, 0.29) is 11.9 Å². The maximum atomic E-state index is 13.1. The molecular formula is C18H17FN4O2. The number of nitrogens with zero attached hydrogens (tertiary/aromatic N) is 4. The van der Waals surface area contributed by atoms with Gasteiger partial charge in [0, 0.05) is 31.0 Å². The number of hydrogen-bond donors (Lipinski definition) is 1. The summed E-state index contributed by atoms with van der Waals surface area (Å²) in [5.74, 6) is 0.714. The third-order valence-electron chi connectivity index (χ3n) is 4.35. The Morgan fingerprint density at radius 2 is 1.92 bits per heavy atom. The van der Waals surface area contributed by atoms with Gasteiger partial charge in [-0.3, -0.25) is 9.88 Å². The van der Waals surface area contributed by atoms with Crippen molar-refractivity contribution >= 4 is 0 Å². The summed E-state index contributed by atoms with van der Waals surface area (Å²) >= 11 is 0. The minimum Gasteiger partial charge on any atom is -0.392 e. The molecule has 4 rings (SSSR count). The zero-order valence-electron chi connectivity index (χ0n) is 13.4. The highest BCUT2D eigenvalue weighted by Crippen LogP contribution is 2.33. The van der Waals surface area contributed by atoms with Crippen molar-refractivity contribution in [2.75, 3.05) is 6.54 Å². The van der Waals surface area contributed by atoms with Crippen LogP contribution < -0.4 is 0 Å². The van der Waals surface area contributed by atoms with Crippen LogP contribution in [0.3, 0.4) is 0 Å². The van der Waals surface area contributed by atoms with E-state index in [2.05, 4.69) is 20.0 Å². The van der Waals surface area contributed by atoms with Gasteiger partial charge in [0.1, 0.15) is 5.82 Å². The minimum atomic E-state index is -0.457. The van der Waals surface area contributed by atoms with Crippen molar-refractivity contribution in [3.8, 4) is 11.4 Å². The molecule has 1 saturated heterocycles. The third kappa shape index (κ3) is 3.42. The minimum absolute atomic E-state index is 0.164. The molecule has 1 aliphatic heterocycles. The average molecular weight is 340 g/mol. The largest absolute Gasteiger partial charge is 0.392 e.